The topological polar surface area (TPSA) is 41.6 Å². The average Bonchev–Trinajstić information content (AvgIpc) is 2.27. The van der Waals surface area contributed by atoms with Crippen molar-refractivity contribution in [2.45, 2.75) is 46.0 Å². The van der Waals surface area contributed by atoms with Crippen LogP contribution in [0.3, 0.4) is 0 Å². The van der Waals surface area contributed by atoms with E-state index < -0.39 is 0 Å². The van der Waals surface area contributed by atoms with Gasteiger partial charge in [0.2, 0.25) is 0 Å². The summed E-state index contributed by atoms with van der Waals surface area (Å²) in [6.45, 7) is 6.09. The molecule has 1 aliphatic rings. The summed E-state index contributed by atoms with van der Waals surface area (Å²) in [6, 6.07) is 0. The first-order chi connectivity index (χ1) is 7.24. The molecular formula is C12H25N3. The third-order valence-corrected chi connectivity index (χ3v) is 3.37. The molecule has 0 bridgehead atoms. The Hall–Kier alpha value is -0.570. The molecule has 0 heterocycles. The first-order valence-electron chi connectivity index (χ1n) is 6.25. The number of hydrogen-bond donors (Lipinski definition) is 1. The van der Waals surface area contributed by atoms with Gasteiger partial charge in [0, 0.05) is 13.1 Å². The molecule has 0 aromatic rings. The predicted octanol–water partition coefficient (Wildman–Crippen LogP) is 2.43. The minimum atomic E-state index is 0.693. The number of hydrazine groups is 1. The van der Waals surface area contributed by atoms with E-state index in [1.807, 2.05) is 6.92 Å². The van der Waals surface area contributed by atoms with Crippen LogP contribution in [-0.4, -0.2) is 24.4 Å². The maximum atomic E-state index is 5.85. The molecule has 1 atom stereocenters. The lowest BCUT2D eigenvalue weighted by molar-refractivity contribution is 0.224. The molecule has 3 nitrogen and oxygen atoms in total. The maximum Gasteiger partial charge on any atom is 0.0990 e. The minimum absolute atomic E-state index is 0.693. The van der Waals surface area contributed by atoms with Crippen LogP contribution in [0, 0.1) is 11.8 Å². The van der Waals surface area contributed by atoms with Crippen molar-refractivity contribution in [1.82, 2.24) is 5.01 Å². The second-order valence-corrected chi connectivity index (χ2v) is 4.69. The molecule has 15 heavy (non-hydrogen) atoms. The van der Waals surface area contributed by atoms with E-state index in [1.54, 1.807) is 11.3 Å². The summed E-state index contributed by atoms with van der Waals surface area (Å²) in [5.74, 6) is 7.42. The van der Waals surface area contributed by atoms with Crippen LogP contribution in [0.25, 0.3) is 0 Å². The molecule has 0 spiro atoms. The van der Waals surface area contributed by atoms with Gasteiger partial charge in [0.25, 0.3) is 0 Å². The fraction of sp³-hybridized carbons (Fsp3) is 0.917. The van der Waals surface area contributed by atoms with Crippen molar-refractivity contribution in [2.75, 3.05) is 13.1 Å². The van der Waals surface area contributed by atoms with E-state index in [-0.39, 0.29) is 0 Å². The molecule has 1 saturated carbocycles. The third kappa shape index (κ3) is 4.65. The molecular weight excluding hydrogens is 186 g/mol. The van der Waals surface area contributed by atoms with Crippen molar-refractivity contribution < 1.29 is 0 Å². The molecule has 0 amide bonds. The number of rotatable bonds is 5. The van der Waals surface area contributed by atoms with Crippen LogP contribution < -0.4 is 5.84 Å². The van der Waals surface area contributed by atoms with Crippen LogP contribution in [0.1, 0.15) is 46.0 Å². The van der Waals surface area contributed by atoms with Crippen LogP contribution in [0.5, 0.6) is 0 Å². The number of hydrogen-bond acceptors (Lipinski definition) is 2. The van der Waals surface area contributed by atoms with Gasteiger partial charge in [-0.15, -0.1) is 0 Å². The molecule has 1 unspecified atom stereocenters. The lowest BCUT2D eigenvalue weighted by Crippen LogP contribution is -2.36. The van der Waals surface area contributed by atoms with Crippen molar-refractivity contribution in [1.29, 1.82) is 0 Å². The fourth-order valence-electron chi connectivity index (χ4n) is 2.42. The zero-order valence-corrected chi connectivity index (χ0v) is 10.2. The number of nitrogens with two attached hydrogens (primary N) is 1. The molecule has 88 valence electrons. The van der Waals surface area contributed by atoms with Gasteiger partial charge in [0.05, 0.1) is 6.34 Å². The van der Waals surface area contributed by atoms with Gasteiger partial charge in [-0.1, -0.05) is 39.0 Å². The largest absolute Gasteiger partial charge is 0.301 e. The monoisotopic (exact) mass is 211 g/mol. The van der Waals surface area contributed by atoms with Crippen LogP contribution in [-0.2, 0) is 0 Å². The Balaban J connectivity index is 2.26. The van der Waals surface area contributed by atoms with Gasteiger partial charge in [-0.25, -0.2) is 5.84 Å². The van der Waals surface area contributed by atoms with Crippen LogP contribution in [0.4, 0.5) is 0 Å². The zero-order valence-electron chi connectivity index (χ0n) is 10.2. The van der Waals surface area contributed by atoms with Gasteiger partial charge in [0.1, 0.15) is 0 Å². The van der Waals surface area contributed by atoms with Crippen LogP contribution >= 0.6 is 0 Å². The number of aliphatic imine (C=N–C) groups is 1. The molecule has 1 aliphatic carbocycles. The van der Waals surface area contributed by atoms with Gasteiger partial charge in [0.15, 0.2) is 0 Å². The molecule has 0 aromatic carbocycles. The highest BCUT2D eigenvalue weighted by molar-refractivity contribution is 5.53. The normalized spacial score (nSPS) is 20.7. The van der Waals surface area contributed by atoms with Crippen molar-refractivity contribution >= 4 is 6.34 Å². The average molecular weight is 211 g/mol. The lowest BCUT2D eigenvalue weighted by atomic mass is 9.81. The first kappa shape index (κ1) is 12.5. The highest BCUT2D eigenvalue weighted by Gasteiger charge is 2.20. The molecule has 0 aliphatic heterocycles. The van der Waals surface area contributed by atoms with E-state index in [0.29, 0.717) is 5.92 Å². The number of nitrogens with zero attached hydrogens (tertiary/aromatic N) is 2. The summed E-state index contributed by atoms with van der Waals surface area (Å²) in [4.78, 5) is 4.15. The second-order valence-electron chi connectivity index (χ2n) is 4.69. The smallest absolute Gasteiger partial charge is 0.0990 e. The SMILES string of the molecule is CC/N=C\N(N)CC(C)C1CCCCC1. The van der Waals surface area contributed by atoms with Gasteiger partial charge in [-0.3, -0.25) is 4.99 Å². The van der Waals surface area contributed by atoms with E-state index in [2.05, 4.69) is 11.9 Å². The van der Waals surface area contributed by atoms with E-state index >= 15 is 0 Å². The second kappa shape index (κ2) is 6.83. The summed E-state index contributed by atoms with van der Waals surface area (Å²) in [7, 11) is 0. The molecule has 0 saturated heterocycles. The summed E-state index contributed by atoms with van der Waals surface area (Å²) in [5.41, 5.74) is 0. The quantitative estimate of drug-likeness (QED) is 0.328. The van der Waals surface area contributed by atoms with Gasteiger partial charge >= 0.3 is 0 Å². The molecule has 1 rings (SSSR count). The Morgan fingerprint density at radius 1 is 1.40 bits per heavy atom. The molecule has 3 heteroatoms. The highest BCUT2D eigenvalue weighted by atomic mass is 15.4. The molecule has 2 N–H and O–H groups in total. The van der Waals surface area contributed by atoms with E-state index in [0.717, 1.165) is 19.0 Å². The minimum Gasteiger partial charge on any atom is -0.301 e. The third-order valence-electron chi connectivity index (χ3n) is 3.37. The van der Waals surface area contributed by atoms with Crippen molar-refractivity contribution in [3.63, 3.8) is 0 Å². The Morgan fingerprint density at radius 3 is 2.67 bits per heavy atom. The van der Waals surface area contributed by atoms with Crippen molar-refractivity contribution in [3.05, 3.63) is 0 Å². The summed E-state index contributed by atoms with van der Waals surface area (Å²) in [5, 5.41) is 1.74. The van der Waals surface area contributed by atoms with Gasteiger partial charge in [-0.05, 0) is 18.8 Å². The summed E-state index contributed by atoms with van der Waals surface area (Å²) in [6.07, 6.45) is 8.78. The predicted molar refractivity (Wildman–Crippen MR) is 65.7 cm³/mol. The van der Waals surface area contributed by atoms with E-state index in [1.165, 1.54) is 32.1 Å². The fourth-order valence-corrected chi connectivity index (χ4v) is 2.42. The van der Waals surface area contributed by atoms with Gasteiger partial charge < -0.3 is 5.01 Å². The Bertz CT molecular complexity index is 185. The first-order valence-corrected chi connectivity index (χ1v) is 6.25. The van der Waals surface area contributed by atoms with Crippen LogP contribution in [0.15, 0.2) is 4.99 Å². The molecule has 0 radical (unpaired) electrons. The standard InChI is InChI=1S/C12H25N3/c1-3-14-10-15(13)9-11(2)12-7-5-4-6-8-12/h10-12H,3-9,13H2,1-2H3/b14-10-. The van der Waals surface area contributed by atoms with Crippen LogP contribution in [0.2, 0.25) is 0 Å². The Labute approximate surface area is 93.7 Å². The summed E-state index contributed by atoms with van der Waals surface area (Å²) >= 11 is 0. The maximum absolute atomic E-state index is 5.85. The van der Waals surface area contributed by atoms with Gasteiger partial charge in [-0.2, -0.15) is 0 Å². The highest BCUT2D eigenvalue weighted by Crippen LogP contribution is 2.29. The van der Waals surface area contributed by atoms with Crippen molar-refractivity contribution in [3.8, 4) is 0 Å². The van der Waals surface area contributed by atoms with E-state index in [4.69, 9.17) is 5.84 Å². The van der Waals surface area contributed by atoms with Crippen molar-refractivity contribution in [2.24, 2.45) is 22.7 Å². The lowest BCUT2D eigenvalue weighted by Gasteiger charge is -2.29. The zero-order chi connectivity index (χ0) is 11.1. The Kier molecular flexibility index (Phi) is 5.69. The molecule has 1 fully saturated rings. The van der Waals surface area contributed by atoms with E-state index in [9.17, 15) is 0 Å². The Morgan fingerprint density at radius 2 is 2.07 bits per heavy atom. The molecule has 0 aromatic heterocycles. The summed E-state index contributed by atoms with van der Waals surface area (Å²) < 4.78 is 0.